The highest BCUT2D eigenvalue weighted by Crippen LogP contribution is 2.24. The Kier molecular flexibility index (Phi) is 4.30. The fourth-order valence-corrected chi connectivity index (χ4v) is 3.14. The number of hydrogen-bond donors (Lipinski definition) is 2. The highest BCUT2D eigenvalue weighted by atomic mass is 32.1. The van der Waals surface area contributed by atoms with Crippen LogP contribution in [0.3, 0.4) is 0 Å². The van der Waals surface area contributed by atoms with Gasteiger partial charge in [-0.15, -0.1) is 0 Å². The molecule has 0 spiro atoms. The molecule has 2 heterocycles. The largest absolute Gasteiger partial charge is 0.462 e. The molecule has 1 amide bonds. The minimum absolute atomic E-state index is 0.293. The second-order valence-electron chi connectivity index (χ2n) is 5.16. The smallest absolute Gasteiger partial charge is 0.350 e. The summed E-state index contributed by atoms with van der Waals surface area (Å²) < 4.78 is 4.97. The lowest BCUT2D eigenvalue weighted by atomic mass is 10.2. The number of carbonyl (C=O) groups excluding carboxylic acids is 2. The number of nitrogens with one attached hydrogen (secondary N) is 2. The first-order valence-electron chi connectivity index (χ1n) is 7.40. The van der Waals surface area contributed by atoms with Crippen LogP contribution in [-0.2, 0) is 4.74 Å². The molecule has 0 saturated carbocycles. The Morgan fingerprint density at radius 1 is 1.29 bits per heavy atom. The normalized spacial score (nSPS) is 10.8. The van der Waals surface area contributed by atoms with Crippen LogP contribution in [0.15, 0.2) is 18.2 Å². The lowest BCUT2D eigenvalue weighted by Crippen LogP contribution is -2.11. The second kappa shape index (κ2) is 6.40. The Balaban J connectivity index is 1.80. The van der Waals surface area contributed by atoms with Crippen LogP contribution in [0.4, 0.5) is 5.13 Å². The number of esters is 1. The summed E-state index contributed by atoms with van der Waals surface area (Å²) in [6.07, 6.45) is 0. The number of aromatic nitrogens is 3. The van der Waals surface area contributed by atoms with Gasteiger partial charge >= 0.3 is 5.97 Å². The monoisotopic (exact) mass is 344 g/mol. The maximum atomic E-state index is 12.4. The van der Waals surface area contributed by atoms with Gasteiger partial charge in [-0.25, -0.2) is 14.8 Å². The number of fused-ring (bicyclic) bond motifs is 1. The number of nitrogens with zero attached hydrogens (tertiary/aromatic N) is 2. The molecule has 0 bridgehead atoms. The van der Waals surface area contributed by atoms with E-state index >= 15 is 0 Å². The van der Waals surface area contributed by atoms with Crippen molar-refractivity contribution >= 4 is 39.4 Å². The summed E-state index contributed by atoms with van der Waals surface area (Å²) in [7, 11) is 0. The Bertz CT molecular complexity index is 929. The van der Waals surface area contributed by atoms with Gasteiger partial charge in [0.2, 0.25) is 0 Å². The Morgan fingerprint density at radius 3 is 2.83 bits per heavy atom. The number of hydrogen-bond acceptors (Lipinski definition) is 6. The molecule has 8 heteroatoms. The lowest BCUT2D eigenvalue weighted by molar-refractivity contribution is 0.0531. The summed E-state index contributed by atoms with van der Waals surface area (Å²) in [5, 5.41) is 3.08. The maximum absolute atomic E-state index is 12.4. The number of carbonyl (C=O) groups is 2. The number of rotatable bonds is 4. The summed E-state index contributed by atoms with van der Waals surface area (Å²) >= 11 is 1.10. The van der Waals surface area contributed by atoms with Crippen LogP contribution in [0.2, 0.25) is 0 Å². The van der Waals surface area contributed by atoms with E-state index in [0.29, 0.717) is 27.9 Å². The van der Waals surface area contributed by atoms with Gasteiger partial charge < -0.3 is 9.72 Å². The van der Waals surface area contributed by atoms with E-state index in [1.165, 1.54) is 0 Å². The predicted molar refractivity (Wildman–Crippen MR) is 91.6 cm³/mol. The van der Waals surface area contributed by atoms with Crippen molar-refractivity contribution in [3.63, 3.8) is 0 Å². The molecule has 0 aliphatic carbocycles. The minimum atomic E-state index is -0.428. The fraction of sp³-hybridized carbons (Fsp3) is 0.250. The van der Waals surface area contributed by atoms with Gasteiger partial charge in [0.15, 0.2) is 5.13 Å². The average molecular weight is 344 g/mol. The second-order valence-corrected chi connectivity index (χ2v) is 6.16. The third kappa shape index (κ3) is 3.13. The Labute approximate surface area is 142 Å². The van der Waals surface area contributed by atoms with Crippen LogP contribution >= 0.6 is 11.3 Å². The summed E-state index contributed by atoms with van der Waals surface area (Å²) in [6.45, 7) is 5.60. The number of imidazole rings is 1. The molecular weight excluding hydrogens is 328 g/mol. The molecule has 0 unspecified atom stereocenters. The molecule has 7 nitrogen and oxygen atoms in total. The number of anilines is 1. The van der Waals surface area contributed by atoms with Gasteiger partial charge in [-0.1, -0.05) is 11.3 Å². The van der Waals surface area contributed by atoms with E-state index in [1.54, 1.807) is 32.0 Å². The molecule has 3 rings (SSSR count). The summed E-state index contributed by atoms with van der Waals surface area (Å²) in [6, 6.07) is 5.22. The molecule has 24 heavy (non-hydrogen) atoms. The number of benzene rings is 1. The summed E-state index contributed by atoms with van der Waals surface area (Å²) in [5.74, 6) is 0.0628. The average Bonchev–Trinajstić information content (AvgIpc) is 3.08. The van der Waals surface area contributed by atoms with Gasteiger partial charge in [0.05, 0.1) is 23.3 Å². The molecule has 1 aromatic carbocycles. The molecule has 0 atom stereocenters. The zero-order chi connectivity index (χ0) is 17.3. The standard InChI is InChI=1S/C16H16N4O3S/c1-4-23-15(22)13-8(2)17-16(24-13)20-14(21)10-5-6-11-12(7-10)19-9(3)18-11/h5-7H,4H2,1-3H3,(H,18,19)(H,17,20,21). The van der Waals surface area contributed by atoms with E-state index in [0.717, 1.165) is 28.2 Å². The topological polar surface area (TPSA) is 97.0 Å². The number of amides is 1. The van der Waals surface area contributed by atoms with Crippen molar-refractivity contribution < 1.29 is 14.3 Å². The number of H-pyrrole nitrogens is 1. The molecule has 0 radical (unpaired) electrons. The number of aryl methyl sites for hydroxylation is 2. The zero-order valence-corrected chi connectivity index (χ0v) is 14.3. The van der Waals surface area contributed by atoms with E-state index in [2.05, 4.69) is 20.3 Å². The molecule has 0 aliphatic heterocycles. The van der Waals surface area contributed by atoms with Crippen molar-refractivity contribution in [3.8, 4) is 0 Å². The third-order valence-corrected chi connectivity index (χ3v) is 4.39. The van der Waals surface area contributed by atoms with Crippen molar-refractivity contribution in [2.24, 2.45) is 0 Å². The van der Waals surface area contributed by atoms with Gasteiger partial charge in [-0.05, 0) is 39.0 Å². The third-order valence-electron chi connectivity index (χ3n) is 3.34. The van der Waals surface area contributed by atoms with Gasteiger partial charge in [0, 0.05) is 5.56 Å². The molecular formula is C16H16N4O3S. The Morgan fingerprint density at radius 2 is 2.08 bits per heavy atom. The predicted octanol–water partition coefficient (Wildman–Crippen LogP) is 3.07. The number of thiazole rings is 1. The molecule has 2 aromatic heterocycles. The van der Waals surface area contributed by atoms with E-state index in [9.17, 15) is 9.59 Å². The van der Waals surface area contributed by atoms with Crippen molar-refractivity contribution in [1.29, 1.82) is 0 Å². The fourth-order valence-electron chi connectivity index (χ4n) is 2.28. The van der Waals surface area contributed by atoms with Gasteiger partial charge in [0.1, 0.15) is 10.7 Å². The maximum Gasteiger partial charge on any atom is 0.350 e. The van der Waals surface area contributed by atoms with Crippen LogP contribution < -0.4 is 5.32 Å². The van der Waals surface area contributed by atoms with E-state index in [4.69, 9.17) is 4.74 Å². The first kappa shape index (κ1) is 16.1. The van der Waals surface area contributed by atoms with E-state index in [-0.39, 0.29) is 5.91 Å². The van der Waals surface area contributed by atoms with Gasteiger partial charge in [0.25, 0.3) is 5.91 Å². The quantitative estimate of drug-likeness (QED) is 0.709. The van der Waals surface area contributed by atoms with Crippen LogP contribution in [0.1, 0.15) is 38.5 Å². The number of aromatic amines is 1. The zero-order valence-electron chi connectivity index (χ0n) is 13.5. The van der Waals surface area contributed by atoms with Crippen molar-refractivity contribution in [2.75, 3.05) is 11.9 Å². The first-order valence-corrected chi connectivity index (χ1v) is 8.22. The highest BCUT2D eigenvalue weighted by molar-refractivity contribution is 7.17. The molecule has 0 aliphatic rings. The van der Waals surface area contributed by atoms with E-state index < -0.39 is 5.97 Å². The Hall–Kier alpha value is -2.74. The number of ether oxygens (including phenoxy) is 1. The van der Waals surface area contributed by atoms with Gasteiger partial charge in [-0.2, -0.15) is 0 Å². The van der Waals surface area contributed by atoms with E-state index in [1.807, 2.05) is 6.92 Å². The highest BCUT2D eigenvalue weighted by Gasteiger charge is 2.18. The van der Waals surface area contributed by atoms with Gasteiger partial charge in [-0.3, -0.25) is 10.1 Å². The molecule has 2 N–H and O–H groups in total. The van der Waals surface area contributed by atoms with Crippen molar-refractivity contribution in [2.45, 2.75) is 20.8 Å². The SMILES string of the molecule is CCOC(=O)c1sc(NC(=O)c2ccc3nc(C)[nH]c3c2)nc1C. The van der Waals surface area contributed by atoms with Crippen LogP contribution in [-0.4, -0.2) is 33.4 Å². The van der Waals surface area contributed by atoms with Crippen LogP contribution in [0.25, 0.3) is 11.0 Å². The summed E-state index contributed by atoms with van der Waals surface area (Å²) in [4.78, 5) is 36.2. The summed E-state index contributed by atoms with van der Waals surface area (Å²) in [5.41, 5.74) is 2.62. The van der Waals surface area contributed by atoms with Crippen LogP contribution in [0, 0.1) is 13.8 Å². The van der Waals surface area contributed by atoms with Crippen molar-refractivity contribution in [1.82, 2.24) is 15.0 Å². The molecule has 3 aromatic rings. The van der Waals surface area contributed by atoms with Crippen molar-refractivity contribution in [3.05, 3.63) is 40.2 Å². The van der Waals surface area contributed by atoms with Crippen LogP contribution in [0.5, 0.6) is 0 Å². The molecule has 124 valence electrons. The molecule has 0 fully saturated rings. The lowest BCUT2D eigenvalue weighted by Gasteiger charge is -2.01. The minimum Gasteiger partial charge on any atom is -0.462 e. The molecule has 0 saturated heterocycles. The first-order chi connectivity index (χ1) is 11.5.